The second kappa shape index (κ2) is 9.90. The van der Waals surface area contributed by atoms with Crippen LogP contribution in [-0.2, 0) is 10.9 Å². The smallest absolute Gasteiger partial charge is 0.377 e. The number of alkyl halides is 5. The van der Waals surface area contributed by atoms with Gasteiger partial charge in [-0.05, 0) is 18.9 Å². The van der Waals surface area contributed by atoms with E-state index in [1.54, 1.807) is 4.90 Å². The van der Waals surface area contributed by atoms with Crippen molar-refractivity contribution in [1.29, 1.82) is 0 Å². The summed E-state index contributed by atoms with van der Waals surface area (Å²) in [6.45, 7) is 2.66. The zero-order chi connectivity index (χ0) is 24.5. The molecule has 0 aromatic carbocycles. The molecule has 2 aromatic rings. The molecule has 1 N–H and O–H groups in total. The molecule has 6 nitrogen and oxygen atoms in total. The first kappa shape index (κ1) is 25.1. The number of nitrogens with one attached hydrogen (secondary N) is 1. The Bertz CT molecular complexity index is 1010. The average molecular weight is 507 g/mol. The maximum atomic E-state index is 13.7. The summed E-state index contributed by atoms with van der Waals surface area (Å²) >= 11 is 0.860. The van der Waals surface area contributed by atoms with Gasteiger partial charge in [-0.25, -0.2) is 13.8 Å². The fraction of sp³-hybridized carbons (Fsp3) is 0.636. The molecule has 0 saturated carbocycles. The summed E-state index contributed by atoms with van der Waals surface area (Å²) in [6.07, 6.45) is -3.64. The molecule has 2 aliphatic rings. The second-order valence-corrected chi connectivity index (χ2v) is 9.57. The lowest BCUT2D eigenvalue weighted by molar-refractivity contribution is -0.136. The van der Waals surface area contributed by atoms with E-state index in [9.17, 15) is 26.7 Å². The van der Waals surface area contributed by atoms with Gasteiger partial charge in [0.15, 0.2) is 0 Å². The van der Waals surface area contributed by atoms with E-state index in [0.29, 0.717) is 52.2 Å². The molecule has 2 aliphatic heterocycles. The van der Waals surface area contributed by atoms with Crippen LogP contribution in [0.15, 0.2) is 11.4 Å². The molecule has 0 spiro atoms. The predicted octanol–water partition coefficient (Wildman–Crippen LogP) is 4.39. The number of anilines is 1. The van der Waals surface area contributed by atoms with Gasteiger partial charge >= 0.3 is 6.18 Å². The van der Waals surface area contributed by atoms with Crippen molar-refractivity contribution in [2.45, 2.75) is 43.9 Å². The highest BCUT2D eigenvalue weighted by atomic mass is 32.1. The van der Waals surface area contributed by atoms with Crippen molar-refractivity contribution in [1.82, 2.24) is 15.2 Å². The number of carbonyl (C=O) groups is 1. The maximum Gasteiger partial charge on any atom is 0.417 e. The van der Waals surface area contributed by atoms with Crippen molar-refractivity contribution in [3.05, 3.63) is 22.6 Å². The summed E-state index contributed by atoms with van der Waals surface area (Å²) in [7, 11) is 1.42. The minimum absolute atomic E-state index is 0.0455. The van der Waals surface area contributed by atoms with Crippen molar-refractivity contribution in [3.8, 4) is 0 Å². The number of thiophene rings is 1. The molecule has 0 bridgehead atoms. The summed E-state index contributed by atoms with van der Waals surface area (Å²) in [6, 6.07) is 1.06. The third-order valence-electron chi connectivity index (χ3n) is 6.40. The lowest BCUT2D eigenvalue weighted by Crippen LogP contribution is -2.42. The summed E-state index contributed by atoms with van der Waals surface area (Å²) in [4.78, 5) is 20.3. The largest absolute Gasteiger partial charge is 0.417 e. The number of fused-ring (bicyclic) bond motifs is 1. The van der Waals surface area contributed by atoms with E-state index >= 15 is 0 Å². The highest BCUT2D eigenvalue weighted by Gasteiger charge is 2.36. The molecule has 0 aliphatic carbocycles. The average Bonchev–Trinajstić information content (AvgIpc) is 3.23. The summed E-state index contributed by atoms with van der Waals surface area (Å²) < 4.78 is 73.6. The van der Waals surface area contributed by atoms with Gasteiger partial charge in [0.2, 0.25) is 0 Å². The molecule has 4 heterocycles. The lowest BCUT2D eigenvalue weighted by Gasteiger charge is -2.34. The first-order valence-electron chi connectivity index (χ1n) is 11.3. The molecule has 2 fully saturated rings. The number of rotatable bonds is 6. The van der Waals surface area contributed by atoms with Crippen LogP contribution in [0.4, 0.5) is 27.8 Å². The van der Waals surface area contributed by atoms with Crippen LogP contribution in [0, 0.1) is 0 Å². The number of piperidine rings is 2. The first-order valence-corrected chi connectivity index (χ1v) is 12.1. The quantitative estimate of drug-likeness (QED) is 0.589. The zero-order valence-corrected chi connectivity index (χ0v) is 19.6. The minimum Gasteiger partial charge on any atom is -0.377 e. The zero-order valence-electron chi connectivity index (χ0n) is 18.8. The van der Waals surface area contributed by atoms with Crippen molar-refractivity contribution < 1.29 is 31.5 Å². The fourth-order valence-corrected chi connectivity index (χ4v) is 5.39. The van der Waals surface area contributed by atoms with Crippen LogP contribution in [0.3, 0.4) is 0 Å². The van der Waals surface area contributed by atoms with E-state index in [1.807, 2.05) is 4.90 Å². The lowest BCUT2D eigenvalue weighted by atomic mass is 10.1. The number of carbonyl (C=O) groups excluding carboxylic acids is 1. The number of pyridine rings is 1. The topological polar surface area (TPSA) is 57.7 Å². The van der Waals surface area contributed by atoms with Crippen molar-refractivity contribution >= 4 is 33.3 Å². The normalized spacial score (nSPS) is 20.1. The Labute approximate surface area is 198 Å². The van der Waals surface area contributed by atoms with E-state index in [0.717, 1.165) is 17.4 Å². The van der Waals surface area contributed by atoms with Gasteiger partial charge in [0.05, 0.1) is 34.1 Å². The standard InChI is InChI=1S/C22H27F5N4O2S/c1-28-20(32)15-13-34-19-16(22(25,26)27)12-17(29-18(15)19)31-6-2-14(3-7-31)33-11-10-30-8-4-21(23,24)5-9-30/h12-14H,2-11H2,1H3,(H,28,32). The molecule has 0 unspecified atom stereocenters. The number of amides is 1. The molecule has 12 heteroatoms. The monoisotopic (exact) mass is 506 g/mol. The van der Waals surface area contributed by atoms with Crippen LogP contribution < -0.4 is 10.2 Å². The predicted molar refractivity (Wildman–Crippen MR) is 120 cm³/mol. The van der Waals surface area contributed by atoms with Crippen molar-refractivity contribution in [2.75, 3.05) is 51.3 Å². The summed E-state index contributed by atoms with van der Waals surface area (Å²) in [5, 5.41) is 3.85. The molecule has 4 rings (SSSR count). The highest BCUT2D eigenvalue weighted by molar-refractivity contribution is 7.17. The van der Waals surface area contributed by atoms with E-state index in [1.165, 1.54) is 12.4 Å². The Morgan fingerprint density at radius 1 is 1.24 bits per heavy atom. The Kier molecular flexibility index (Phi) is 7.30. The maximum absolute atomic E-state index is 13.7. The number of hydrogen-bond acceptors (Lipinski definition) is 6. The highest BCUT2D eigenvalue weighted by Crippen LogP contribution is 2.40. The SMILES string of the molecule is CNC(=O)c1csc2c(C(F)(F)F)cc(N3CCC(OCCN4CCC(F)(F)CC4)CC3)nc12. The van der Waals surface area contributed by atoms with Crippen LogP contribution in [0.2, 0.25) is 0 Å². The molecule has 2 saturated heterocycles. The number of aromatic nitrogens is 1. The van der Waals surface area contributed by atoms with Crippen LogP contribution in [0.5, 0.6) is 0 Å². The molecule has 0 atom stereocenters. The summed E-state index contributed by atoms with van der Waals surface area (Å²) in [5.74, 6) is -2.86. The Hall–Kier alpha value is -2.05. The molecular weight excluding hydrogens is 479 g/mol. The van der Waals surface area contributed by atoms with Gasteiger partial charge in [-0.15, -0.1) is 11.3 Å². The van der Waals surface area contributed by atoms with Gasteiger partial charge in [0, 0.05) is 58.0 Å². The van der Waals surface area contributed by atoms with Gasteiger partial charge in [0.25, 0.3) is 11.8 Å². The van der Waals surface area contributed by atoms with Gasteiger partial charge in [0.1, 0.15) is 5.82 Å². The molecular formula is C22H27F5N4O2S. The molecule has 0 radical (unpaired) electrons. The fourth-order valence-electron chi connectivity index (χ4n) is 4.37. The van der Waals surface area contributed by atoms with E-state index in [-0.39, 0.29) is 40.5 Å². The first-order chi connectivity index (χ1) is 16.1. The number of halogens is 5. The number of nitrogens with zero attached hydrogens (tertiary/aromatic N) is 3. The van der Waals surface area contributed by atoms with Gasteiger partial charge in [-0.3, -0.25) is 4.79 Å². The van der Waals surface area contributed by atoms with Crippen LogP contribution in [0.1, 0.15) is 41.6 Å². The van der Waals surface area contributed by atoms with E-state index in [4.69, 9.17) is 4.74 Å². The van der Waals surface area contributed by atoms with Crippen LogP contribution in [-0.4, -0.2) is 74.2 Å². The van der Waals surface area contributed by atoms with Gasteiger partial charge < -0.3 is 19.9 Å². The number of ether oxygens (including phenoxy) is 1. The van der Waals surface area contributed by atoms with Crippen molar-refractivity contribution in [3.63, 3.8) is 0 Å². The van der Waals surface area contributed by atoms with Crippen LogP contribution in [0.25, 0.3) is 10.2 Å². The minimum atomic E-state index is -4.57. The van der Waals surface area contributed by atoms with Crippen LogP contribution >= 0.6 is 11.3 Å². The number of likely N-dealkylation sites (tertiary alicyclic amines) is 1. The Morgan fingerprint density at radius 2 is 1.91 bits per heavy atom. The third-order valence-corrected chi connectivity index (χ3v) is 7.40. The Morgan fingerprint density at radius 3 is 2.53 bits per heavy atom. The molecule has 2 aromatic heterocycles. The van der Waals surface area contributed by atoms with Gasteiger partial charge in [-0.1, -0.05) is 0 Å². The molecule has 34 heavy (non-hydrogen) atoms. The molecule has 188 valence electrons. The third kappa shape index (κ3) is 5.60. The Balaban J connectivity index is 1.38. The van der Waals surface area contributed by atoms with E-state index in [2.05, 4.69) is 10.3 Å². The number of hydrogen-bond donors (Lipinski definition) is 1. The second-order valence-electron chi connectivity index (χ2n) is 8.69. The summed E-state index contributed by atoms with van der Waals surface area (Å²) in [5.41, 5.74) is -0.610. The van der Waals surface area contributed by atoms with Gasteiger partial charge in [-0.2, -0.15) is 13.2 Å². The van der Waals surface area contributed by atoms with Crippen molar-refractivity contribution in [2.24, 2.45) is 0 Å². The molecule has 1 amide bonds. The van der Waals surface area contributed by atoms with E-state index < -0.39 is 23.6 Å².